The number of aromatic nitrogens is 1. The number of hydrogen-bond donors (Lipinski definition) is 0. The van der Waals surface area contributed by atoms with E-state index in [1.54, 1.807) is 6.20 Å². The number of nitrogens with zero attached hydrogens (tertiary/aromatic N) is 3. The molecule has 0 spiro atoms. The molecule has 0 aromatic carbocycles. The molecule has 0 N–H and O–H groups in total. The summed E-state index contributed by atoms with van der Waals surface area (Å²) in [4.78, 5) is 6.52. The van der Waals surface area contributed by atoms with Crippen LogP contribution in [0.5, 0.6) is 0 Å². The summed E-state index contributed by atoms with van der Waals surface area (Å²) in [6.07, 6.45) is 5.35. The van der Waals surface area contributed by atoms with E-state index in [2.05, 4.69) is 29.8 Å². The van der Waals surface area contributed by atoms with Crippen LogP contribution in [0.15, 0.2) is 18.3 Å². The largest absolute Gasteiger partial charge is 0.366 e. The molecular weight excluding hydrogens is 210 g/mol. The van der Waals surface area contributed by atoms with Gasteiger partial charge in [-0.05, 0) is 37.3 Å². The lowest BCUT2D eigenvalue weighted by atomic mass is 10.1. The Hall–Kier alpha value is -1.56. The molecule has 2 rings (SSSR count). The van der Waals surface area contributed by atoms with E-state index in [1.807, 2.05) is 12.1 Å². The Kier molecular flexibility index (Phi) is 3.63. The zero-order valence-corrected chi connectivity index (χ0v) is 10.6. The van der Waals surface area contributed by atoms with Gasteiger partial charge in [-0.2, -0.15) is 5.26 Å². The van der Waals surface area contributed by atoms with Gasteiger partial charge < -0.3 is 4.90 Å². The standard InChI is InChI=1S/C14H19N3/c1-11(2)7-9-17(12-5-6-12)14-4-3-8-16-13(14)10-15/h3-4,8,11-12H,5-7,9H2,1-2H3. The molecule has 17 heavy (non-hydrogen) atoms. The molecule has 3 nitrogen and oxygen atoms in total. The zero-order chi connectivity index (χ0) is 12.3. The maximum Gasteiger partial charge on any atom is 0.163 e. The molecule has 0 aliphatic heterocycles. The van der Waals surface area contributed by atoms with Gasteiger partial charge in [-0.15, -0.1) is 0 Å². The predicted octanol–water partition coefficient (Wildman–Crippen LogP) is 2.97. The van der Waals surface area contributed by atoms with Crippen molar-refractivity contribution in [2.75, 3.05) is 11.4 Å². The minimum Gasteiger partial charge on any atom is -0.366 e. The Morgan fingerprint density at radius 3 is 2.88 bits per heavy atom. The van der Waals surface area contributed by atoms with E-state index in [0.717, 1.165) is 18.7 Å². The average molecular weight is 229 g/mol. The Bertz CT molecular complexity index is 416. The fourth-order valence-corrected chi connectivity index (χ4v) is 2.00. The maximum absolute atomic E-state index is 9.11. The van der Waals surface area contributed by atoms with Crippen LogP contribution in [0.25, 0.3) is 0 Å². The number of anilines is 1. The monoisotopic (exact) mass is 229 g/mol. The van der Waals surface area contributed by atoms with E-state index in [9.17, 15) is 0 Å². The molecule has 1 fully saturated rings. The van der Waals surface area contributed by atoms with Crippen molar-refractivity contribution in [3.05, 3.63) is 24.0 Å². The summed E-state index contributed by atoms with van der Waals surface area (Å²) in [5.74, 6) is 0.693. The molecule has 0 saturated heterocycles. The van der Waals surface area contributed by atoms with Crippen LogP contribution in [0.1, 0.15) is 38.8 Å². The highest BCUT2D eigenvalue weighted by Crippen LogP contribution is 2.33. The van der Waals surface area contributed by atoms with Crippen LogP contribution in [-0.4, -0.2) is 17.6 Å². The van der Waals surface area contributed by atoms with Crippen molar-refractivity contribution >= 4 is 5.69 Å². The molecule has 3 heteroatoms. The third kappa shape index (κ3) is 2.97. The molecule has 0 radical (unpaired) electrons. The van der Waals surface area contributed by atoms with E-state index in [-0.39, 0.29) is 0 Å². The first-order valence-electron chi connectivity index (χ1n) is 6.34. The summed E-state index contributed by atoms with van der Waals surface area (Å²) in [7, 11) is 0. The summed E-state index contributed by atoms with van der Waals surface area (Å²) < 4.78 is 0. The van der Waals surface area contributed by atoms with Crippen LogP contribution >= 0.6 is 0 Å². The molecule has 1 saturated carbocycles. The van der Waals surface area contributed by atoms with Crippen LogP contribution in [-0.2, 0) is 0 Å². The van der Waals surface area contributed by atoms with Gasteiger partial charge in [0.2, 0.25) is 0 Å². The molecule has 1 aromatic heterocycles. The van der Waals surface area contributed by atoms with Crippen molar-refractivity contribution in [2.45, 2.75) is 39.2 Å². The third-order valence-electron chi connectivity index (χ3n) is 3.14. The fourth-order valence-electron chi connectivity index (χ4n) is 2.00. The molecule has 0 unspecified atom stereocenters. The molecule has 1 aliphatic rings. The summed E-state index contributed by atoms with van der Waals surface area (Å²) in [6, 6.07) is 6.76. The van der Waals surface area contributed by atoms with E-state index >= 15 is 0 Å². The van der Waals surface area contributed by atoms with Gasteiger partial charge in [0.15, 0.2) is 5.69 Å². The topological polar surface area (TPSA) is 39.9 Å². The van der Waals surface area contributed by atoms with E-state index in [4.69, 9.17) is 5.26 Å². The number of hydrogen-bond acceptors (Lipinski definition) is 3. The summed E-state index contributed by atoms with van der Waals surface area (Å²) in [5.41, 5.74) is 1.57. The molecule has 1 aliphatic carbocycles. The van der Waals surface area contributed by atoms with E-state index in [1.165, 1.54) is 12.8 Å². The first-order valence-corrected chi connectivity index (χ1v) is 6.34. The molecular formula is C14H19N3. The highest BCUT2D eigenvalue weighted by atomic mass is 15.2. The second-order valence-electron chi connectivity index (χ2n) is 5.09. The first kappa shape index (κ1) is 11.9. The highest BCUT2D eigenvalue weighted by Gasteiger charge is 2.30. The summed E-state index contributed by atoms with van der Waals surface area (Å²) in [6.45, 7) is 5.50. The SMILES string of the molecule is CC(C)CCN(c1cccnc1C#N)C1CC1. The Morgan fingerprint density at radius 2 is 2.29 bits per heavy atom. The zero-order valence-electron chi connectivity index (χ0n) is 10.6. The normalized spacial score (nSPS) is 14.7. The number of nitriles is 1. The second-order valence-corrected chi connectivity index (χ2v) is 5.09. The van der Waals surface area contributed by atoms with Crippen molar-refractivity contribution in [3.8, 4) is 6.07 Å². The summed E-state index contributed by atoms with van der Waals surface area (Å²) in [5, 5.41) is 9.11. The average Bonchev–Trinajstić information content (AvgIpc) is 3.14. The smallest absolute Gasteiger partial charge is 0.163 e. The van der Waals surface area contributed by atoms with Gasteiger partial charge in [0.25, 0.3) is 0 Å². The lowest BCUT2D eigenvalue weighted by molar-refractivity contribution is 0.570. The molecule has 0 amide bonds. The lowest BCUT2D eigenvalue weighted by Gasteiger charge is -2.25. The molecule has 90 valence electrons. The Labute approximate surface area is 103 Å². The van der Waals surface area contributed by atoms with Gasteiger partial charge >= 0.3 is 0 Å². The summed E-state index contributed by atoms with van der Waals surface area (Å²) >= 11 is 0. The Balaban J connectivity index is 2.17. The first-order chi connectivity index (χ1) is 8.22. The predicted molar refractivity (Wildman–Crippen MR) is 68.8 cm³/mol. The van der Waals surface area contributed by atoms with E-state index < -0.39 is 0 Å². The lowest BCUT2D eigenvalue weighted by Crippen LogP contribution is -2.28. The molecule has 0 atom stereocenters. The van der Waals surface area contributed by atoms with Gasteiger partial charge in [0.1, 0.15) is 6.07 Å². The fraction of sp³-hybridized carbons (Fsp3) is 0.571. The van der Waals surface area contributed by atoms with Crippen LogP contribution in [0.4, 0.5) is 5.69 Å². The number of pyridine rings is 1. The minimum atomic E-state index is 0.558. The maximum atomic E-state index is 9.11. The van der Waals surface area contributed by atoms with Gasteiger partial charge in [-0.25, -0.2) is 4.98 Å². The Morgan fingerprint density at radius 1 is 1.53 bits per heavy atom. The third-order valence-corrected chi connectivity index (χ3v) is 3.14. The molecule has 1 heterocycles. The van der Waals surface area contributed by atoms with Gasteiger partial charge in [0, 0.05) is 18.8 Å². The van der Waals surface area contributed by atoms with Crippen molar-refractivity contribution in [1.29, 1.82) is 5.26 Å². The van der Waals surface area contributed by atoms with Crippen LogP contribution in [0.3, 0.4) is 0 Å². The van der Waals surface area contributed by atoms with Crippen molar-refractivity contribution in [2.24, 2.45) is 5.92 Å². The van der Waals surface area contributed by atoms with Crippen molar-refractivity contribution < 1.29 is 0 Å². The second kappa shape index (κ2) is 5.18. The molecule has 1 aromatic rings. The van der Waals surface area contributed by atoms with Gasteiger partial charge in [-0.1, -0.05) is 13.8 Å². The minimum absolute atomic E-state index is 0.558. The van der Waals surface area contributed by atoms with Crippen LogP contribution in [0.2, 0.25) is 0 Å². The number of rotatable bonds is 5. The van der Waals surface area contributed by atoms with Crippen molar-refractivity contribution in [3.63, 3.8) is 0 Å². The van der Waals surface area contributed by atoms with Gasteiger partial charge in [-0.3, -0.25) is 0 Å². The molecule has 0 bridgehead atoms. The van der Waals surface area contributed by atoms with E-state index in [0.29, 0.717) is 17.7 Å². The van der Waals surface area contributed by atoms with Gasteiger partial charge in [0.05, 0.1) is 5.69 Å². The highest BCUT2D eigenvalue weighted by molar-refractivity contribution is 5.57. The van der Waals surface area contributed by atoms with Crippen LogP contribution in [0, 0.1) is 17.2 Å². The quantitative estimate of drug-likeness (QED) is 0.779. The van der Waals surface area contributed by atoms with Crippen molar-refractivity contribution in [1.82, 2.24) is 4.98 Å². The van der Waals surface area contributed by atoms with Crippen LogP contribution < -0.4 is 4.90 Å².